The maximum Gasteiger partial charge on any atom is 0.387 e. The van der Waals surface area contributed by atoms with Gasteiger partial charge < -0.3 is 10.1 Å². The first-order valence-corrected chi connectivity index (χ1v) is 4.58. The van der Waals surface area contributed by atoms with E-state index >= 15 is 0 Å². The minimum absolute atomic E-state index is 0.00903. The number of hydrogen-bond acceptors (Lipinski definition) is 2. The molecule has 1 unspecified atom stereocenters. The lowest BCUT2D eigenvalue weighted by molar-refractivity contribution is -0.0498. The Kier molecular flexibility index (Phi) is 4.39. The second-order valence-electron chi connectivity index (χ2n) is 3.17. The Morgan fingerprint density at radius 3 is 2.06 bits per heavy atom. The number of benzene rings is 1. The highest BCUT2D eigenvalue weighted by Gasteiger charge is 2.13. The summed E-state index contributed by atoms with van der Waals surface area (Å²) in [5, 5.41) is 2.53. The van der Waals surface area contributed by atoms with Gasteiger partial charge in [0.15, 0.2) is 0 Å². The van der Waals surface area contributed by atoms with Gasteiger partial charge in [0.25, 0.3) is 6.43 Å². The lowest BCUT2D eigenvalue weighted by Gasteiger charge is -2.14. The van der Waals surface area contributed by atoms with Gasteiger partial charge in [0.2, 0.25) is 0 Å². The first-order valence-electron chi connectivity index (χ1n) is 4.58. The van der Waals surface area contributed by atoms with Gasteiger partial charge in [0.05, 0.1) is 6.04 Å². The van der Waals surface area contributed by atoms with Crippen molar-refractivity contribution < 1.29 is 22.3 Å². The number of hydrogen-bond donors (Lipinski definition) is 1. The van der Waals surface area contributed by atoms with E-state index in [1.807, 2.05) is 0 Å². The first kappa shape index (κ1) is 12.6. The zero-order chi connectivity index (χ0) is 12.1. The maximum atomic E-state index is 12.2. The zero-order valence-corrected chi connectivity index (χ0v) is 8.46. The van der Waals surface area contributed by atoms with E-state index in [-0.39, 0.29) is 5.75 Å². The highest BCUT2D eigenvalue weighted by atomic mass is 19.3. The van der Waals surface area contributed by atoms with Crippen molar-refractivity contribution in [2.24, 2.45) is 0 Å². The Balaban J connectivity index is 2.57. The van der Waals surface area contributed by atoms with Crippen LogP contribution < -0.4 is 10.1 Å². The van der Waals surface area contributed by atoms with E-state index in [1.54, 1.807) is 0 Å². The van der Waals surface area contributed by atoms with E-state index in [0.717, 1.165) is 0 Å². The molecule has 1 atom stereocenters. The van der Waals surface area contributed by atoms with Crippen molar-refractivity contribution in [3.63, 3.8) is 0 Å². The third kappa shape index (κ3) is 3.96. The van der Waals surface area contributed by atoms with Crippen LogP contribution in [0.5, 0.6) is 5.75 Å². The summed E-state index contributed by atoms with van der Waals surface area (Å²) < 4.78 is 52.1. The number of halogens is 4. The fourth-order valence-electron chi connectivity index (χ4n) is 1.06. The molecule has 1 aromatic rings. The molecule has 0 spiro atoms. The summed E-state index contributed by atoms with van der Waals surface area (Å²) in [5.41, 5.74) is 0.425. The third-order valence-electron chi connectivity index (χ3n) is 1.85. The average Bonchev–Trinajstić information content (AvgIpc) is 2.20. The van der Waals surface area contributed by atoms with Crippen molar-refractivity contribution in [2.75, 3.05) is 5.32 Å². The monoisotopic (exact) mass is 237 g/mol. The van der Waals surface area contributed by atoms with E-state index in [4.69, 9.17) is 0 Å². The van der Waals surface area contributed by atoms with Crippen LogP contribution in [0.2, 0.25) is 0 Å². The normalized spacial score (nSPS) is 12.9. The van der Waals surface area contributed by atoms with Crippen LogP contribution in [-0.2, 0) is 0 Å². The lowest BCUT2D eigenvalue weighted by atomic mass is 10.2. The second-order valence-corrected chi connectivity index (χ2v) is 3.17. The number of nitrogens with one attached hydrogen (secondary N) is 1. The maximum absolute atomic E-state index is 12.2. The summed E-state index contributed by atoms with van der Waals surface area (Å²) in [6.45, 7) is -1.56. The Labute approximate surface area is 90.2 Å². The largest absolute Gasteiger partial charge is 0.435 e. The fourth-order valence-corrected chi connectivity index (χ4v) is 1.06. The van der Waals surface area contributed by atoms with Crippen molar-refractivity contribution in [3.8, 4) is 5.75 Å². The van der Waals surface area contributed by atoms with E-state index in [2.05, 4.69) is 10.1 Å². The molecule has 16 heavy (non-hydrogen) atoms. The average molecular weight is 237 g/mol. The smallest absolute Gasteiger partial charge is 0.387 e. The molecule has 0 saturated heterocycles. The fraction of sp³-hybridized carbons (Fsp3) is 0.400. The zero-order valence-electron chi connectivity index (χ0n) is 8.46. The highest BCUT2D eigenvalue weighted by Crippen LogP contribution is 2.19. The molecule has 0 heterocycles. The molecular weight excluding hydrogens is 226 g/mol. The Hall–Kier alpha value is -1.46. The quantitative estimate of drug-likeness (QED) is 0.793. The van der Waals surface area contributed by atoms with Crippen molar-refractivity contribution in [2.45, 2.75) is 26.0 Å². The van der Waals surface area contributed by atoms with Gasteiger partial charge in [-0.25, -0.2) is 8.78 Å². The molecule has 0 bridgehead atoms. The van der Waals surface area contributed by atoms with Crippen LogP contribution in [0.4, 0.5) is 23.2 Å². The van der Waals surface area contributed by atoms with Crippen LogP contribution in [0.3, 0.4) is 0 Å². The van der Waals surface area contributed by atoms with Crippen molar-refractivity contribution >= 4 is 5.69 Å². The number of anilines is 1. The van der Waals surface area contributed by atoms with Gasteiger partial charge in [-0.15, -0.1) is 0 Å². The standard InChI is InChI=1S/C10H11F4NO/c1-6(9(11)12)15-7-2-4-8(5-3-7)16-10(13)14/h2-6,9-10,15H,1H3. The van der Waals surface area contributed by atoms with Crippen LogP contribution in [0.25, 0.3) is 0 Å². The topological polar surface area (TPSA) is 21.3 Å². The molecule has 0 aliphatic carbocycles. The molecule has 1 aromatic carbocycles. The molecule has 90 valence electrons. The summed E-state index contributed by atoms with van der Waals surface area (Å²) in [7, 11) is 0. The number of alkyl halides is 4. The van der Waals surface area contributed by atoms with E-state index in [1.165, 1.54) is 31.2 Å². The molecule has 0 aliphatic rings. The summed E-state index contributed by atoms with van der Waals surface area (Å²) in [5.74, 6) is -0.00903. The highest BCUT2D eigenvalue weighted by molar-refractivity contribution is 5.47. The van der Waals surface area contributed by atoms with Crippen molar-refractivity contribution in [1.29, 1.82) is 0 Å². The van der Waals surface area contributed by atoms with Crippen LogP contribution in [0, 0.1) is 0 Å². The molecule has 0 amide bonds. The summed E-state index contributed by atoms with van der Waals surface area (Å²) in [4.78, 5) is 0. The Bertz CT molecular complexity index is 315. The predicted octanol–water partition coefficient (Wildman–Crippen LogP) is 3.35. The molecule has 1 N–H and O–H groups in total. The van der Waals surface area contributed by atoms with E-state index in [9.17, 15) is 17.6 Å². The van der Waals surface area contributed by atoms with Crippen LogP contribution in [0.15, 0.2) is 24.3 Å². The molecule has 6 heteroatoms. The Morgan fingerprint density at radius 1 is 1.06 bits per heavy atom. The van der Waals surface area contributed by atoms with Crippen molar-refractivity contribution in [1.82, 2.24) is 0 Å². The second kappa shape index (κ2) is 5.58. The van der Waals surface area contributed by atoms with Crippen LogP contribution >= 0.6 is 0 Å². The number of ether oxygens (including phenoxy) is 1. The summed E-state index contributed by atoms with van der Waals surface area (Å²) in [6, 6.07) is 4.37. The van der Waals surface area contributed by atoms with Gasteiger partial charge >= 0.3 is 6.61 Å². The molecule has 1 rings (SSSR count). The van der Waals surface area contributed by atoms with Crippen LogP contribution in [0.1, 0.15) is 6.92 Å². The molecule has 0 saturated carbocycles. The van der Waals surface area contributed by atoms with Crippen LogP contribution in [-0.4, -0.2) is 19.1 Å². The van der Waals surface area contributed by atoms with Gasteiger partial charge in [0.1, 0.15) is 5.75 Å². The molecule has 0 radical (unpaired) electrons. The summed E-state index contributed by atoms with van der Waals surface area (Å²) >= 11 is 0. The molecule has 0 aliphatic heterocycles. The minimum atomic E-state index is -2.89. The summed E-state index contributed by atoms with van der Waals surface area (Å²) in [6.07, 6.45) is -2.49. The molecule has 0 aromatic heterocycles. The van der Waals surface area contributed by atoms with E-state index in [0.29, 0.717) is 5.69 Å². The van der Waals surface area contributed by atoms with Gasteiger partial charge in [-0.3, -0.25) is 0 Å². The minimum Gasteiger partial charge on any atom is -0.435 e. The van der Waals surface area contributed by atoms with Gasteiger partial charge in [-0.2, -0.15) is 8.78 Å². The SMILES string of the molecule is CC(Nc1ccc(OC(F)F)cc1)C(F)F. The van der Waals surface area contributed by atoms with Gasteiger partial charge in [-0.1, -0.05) is 0 Å². The predicted molar refractivity (Wildman–Crippen MR) is 52.2 cm³/mol. The Morgan fingerprint density at radius 2 is 1.62 bits per heavy atom. The van der Waals surface area contributed by atoms with E-state index < -0.39 is 19.1 Å². The number of rotatable bonds is 5. The lowest BCUT2D eigenvalue weighted by Crippen LogP contribution is -2.23. The molecular formula is C10H11F4NO. The molecule has 2 nitrogen and oxygen atoms in total. The van der Waals surface area contributed by atoms with Gasteiger partial charge in [-0.05, 0) is 31.2 Å². The first-order chi connectivity index (χ1) is 7.49. The van der Waals surface area contributed by atoms with Gasteiger partial charge in [0, 0.05) is 5.69 Å². The third-order valence-corrected chi connectivity index (χ3v) is 1.85. The molecule has 0 fully saturated rings. The van der Waals surface area contributed by atoms with Crippen molar-refractivity contribution in [3.05, 3.63) is 24.3 Å².